The number of unbranched alkanes of at least 4 members (excludes halogenated alkanes) is 1. The van der Waals surface area contributed by atoms with Crippen LogP contribution in [-0.4, -0.2) is 24.0 Å². The summed E-state index contributed by atoms with van der Waals surface area (Å²) in [7, 11) is 1.57. The van der Waals surface area contributed by atoms with E-state index in [0.717, 1.165) is 18.6 Å². The zero-order valence-corrected chi connectivity index (χ0v) is 12.5. The number of thioether (sulfide) groups is 1. The topological polar surface area (TPSA) is 64.4 Å². The Morgan fingerprint density at radius 1 is 1.53 bits per heavy atom. The van der Waals surface area contributed by atoms with E-state index in [4.69, 9.17) is 10.5 Å². The first-order valence-corrected chi connectivity index (χ1v) is 7.49. The summed E-state index contributed by atoms with van der Waals surface area (Å²) >= 11 is 1.66. The second kappa shape index (κ2) is 7.94. The van der Waals surface area contributed by atoms with Crippen LogP contribution in [-0.2, 0) is 4.79 Å². The Labute approximate surface area is 119 Å². The van der Waals surface area contributed by atoms with Gasteiger partial charge < -0.3 is 15.8 Å². The summed E-state index contributed by atoms with van der Waals surface area (Å²) in [4.78, 5) is 12.1. The number of ether oxygens (including phenoxy) is 1. The second-order valence-electron chi connectivity index (χ2n) is 4.32. The molecule has 0 aliphatic rings. The van der Waals surface area contributed by atoms with Crippen molar-refractivity contribution in [3.63, 3.8) is 0 Å². The highest BCUT2D eigenvalue weighted by Gasteiger charge is 2.15. The summed E-state index contributed by atoms with van der Waals surface area (Å²) in [5, 5.41) is 2.78. The maximum atomic E-state index is 12.1. The van der Waals surface area contributed by atoms with Crippen LogP contribution in [0.2, 0.25) is 0 Å². The van der Waals surface area contributed by atoms with Crippen LogP contribution >= 0.6 is 11.8 Å². The van der Waals surface area contributed by atoms with Gasteiger partial charge in [0.2, 0.25) is 5.91 Å². The molecule has 1 atom stereocenters. The number of nitrogens with two attached hydrogens (primary N) is 1. The van der Waals surface area contributed by atoms with Gasteiger partial charge in [0.25, 0.3) is 0 Å². The molecule has 0 spiro atoms. The van der Waals surface area contributed by atoms with Gasteiger partial charge in [0, 0.05) is 5.69 Å². The van der Waals surface area contributed by atoms with Gasteiger partial charge in [-0.25, -0.2) is 0 Å². The third-order valence-corrected chi connectivity index (χ3v) is 3.95. The molecule has 106 valence electrons. The minimum Gasteiger partial charge on any atom is -0.495 e. The number of hydrogen-bond donors (Lipinski definition) is 2. The normalized spacial score (nSPS) is 11.9. The molecule has 0 heterocycles. The maximum absolute atomic E-state index is 12.1. The van der Waals surface area contributed by atoms with Gasteiger partial charge in [-0.2, -0.15) is 0 Å². The molecule has 3 N–H and O–H groups in total. The van der Waals surface area contributed by atoms with Crippen molar-refractivity contribution in [3.8, 4) is 5.75 Å². The highest BCUT2D eigenvalue weighted by molar-refractivity contribution is 8.00. The number of carbonyl (C=O) groups is 1. The van der Waals surface area contributed by atoms with Gasteiger partial charge in [0.15, 0.2) is 0 Å². The Morgan fingerprint density at radius 3 is 2.89 bits per heavy atom. The van der Waals surface area contributed by atoms with Gasteiger partial charge in [0.05, 0.1) is 18.0 Å². The van der Waals surface area contributed by atoms with Crippen molar-refractivity contribution in [2.45, 2.75) is 31.9 Å². The first-order chi connectivity index (χ1) is 9.08. The predicted molar refractivity (Wildman–Crippen MR) is 82.9 cm³/mol. The van der Waals surface area contributed by atoms with Crippen LogP contribution < -0.4 is 15.8 Å². The van der Waals surface area contributed by atoms with Gasteiger partial charge >= 0.3 is 0 Å². The number of methoxy groups -OCH3 is 1. The first kappa shape index (κ1) is 15.7. The monoisotopic (exact) mass is 282 g/mol. The Hall–Kier alpha value is -1.36. The third-order valence-electron chi connectivity index (χ3n) is 2.72. The van der Waals surface area contributed by atoms with E-state index in [1.807, 2.05) is 6.92 Å². The predicted octanol–water partition coefficient (Wildman–Crippen LogP) is 3.14. The van der Waals surface area contributed by atoms with E-state index in [1.165, 1.54) is 0 Å². The Bertz CT molecular complexity index is 424. The van der Waals surface area contributed by atoms with Crippen molar-refractivity contribution in [1.82, 2.24) is 0 Å². The number of rotatable bonds is 7. The SMILES string of the molecule is CCCCSC(C)C(=O)Nc1cc(N)ccc1OC. The molecule has 1 aromatic rings. The van der Waals surface area contributed by atoms with Crippen molar-refractivity contribution in [2.75, 3.05) is 23.9 Å². The van der Waals surface area contributed by atoms with E-state index in [2.05, 4.69) is 12.2 Å². The molecule has 4 nitrogen and oxygen atoms in total. The van der Waals surface area contributed by atoms with Crippen LogP contribution in [0.5, 0.6) is 5.75 Å². The van der Waals surface area contributed by atoms with Crippen molar-refractivity contribution in [1.29, 1.82) is 0 Å². The quantitative estimate of drug-likeness (QED) is 0.595. The van der Waals surface area contributed by atoms with Crippen molar-refractivity contribution >= 4 is 29.0 Å². The molecular formula is C14H22N2O2S. The largest absolute Gasteiger partial charge is 0.495 e. The van der Waals surface area contributed by atoms with Gasteiger partial charge in [0.1, 0.15) is 5.75 Å². The second-order valence-corrected chi connectivity index (χ2v) is 5.76. The lowest BCUT2D eigenvalue weighted by atomic mass is 10.2. The van der Waals surface area contributed by atoms with E-state index < -0.39 is 0 Å². The lowest BCUT2D eigenvalue weighted by molar-refractivity contribution is -0.115. The Balaban J connectivity index is 2.63. The number of anilines is 2. The Morgan fingerprint density at radius 2 is 2.26 bits per heavy atom. The third kappa shape index (κ3) is 5.03. The van der Waals surface area contributed by atoms with E-state index in [0.29, 0.717) is 17.1 Å². The number of carbonyl (C=O) groups excluding carboxylic acids is 1. The van der Waals surface area contributed by atoms with E-state index in [9.17, 15) is 4.79 Å². The molecule has 1 amide bonds. The smallest absolute Gasteiger partial charge is 0.237 e. The maximum Gasteiger partial charge on any atom is 0.237 e. The first-order valence-electron chi connectivity index (χ1n) is 6.44. The Kier molecular flexibility index (Phi) is 6.56. The van der Waals surface area contributed by atoms with Crippen LogP contribution in [0.1, 0.15) is 26.7 Å². The molecule has 5 heteroatoms. The molecule has 19 heavy (non-hydrogen) atoms. The summed E-state index contributed by atoms with van der Waals surface area (Å²) in [6, 6.07) is 5.20. The average Bonchev–Trinajstić information content (AvgIpc) is 2.39. The van der Waals surface area contributed by atoms with Crippen LogP contribution in [0.25, 0.3) is 0 Å². The summed E-state index contributed by atoms with van der Waals surface area (Å²) in [6.07, 6.45) is 2.27. The highest BCUT2D eigenvalue weighted by atomic mass is 32.2. The standard InChI is InChI=1S/C14H22N2O2S/c1-4-5-8-19-10(2)14(17)16-12-9-11(15)6-7-13(12)18-3/h6-7,9-10H,4-5,8,15H2,1-3H3,(H,16,17). The molecule has 1 rings (SSSR count). The fourth-order valence-corrected chi connectivity index (χ4v) is 2.56. The van der Waals surface area contributed by atoms with Crippen LogP contribution in [0.4, 0.5) is 11.4 Å². The van der Waals surface area contributed by atoms with Gasteiger partial charge in [-0.3, -0.25) is 4.79 Å². The minimum absolute atomic E-state index is 0.0231. The molecule has 0 saturated heterocycles. The molecule has 0 aromatic heterocycles. The number of nitrogen functional groups attached to an aromatic ring is 1. The molecule has 0 aliphatic carbocycles. The van der Waals surface area contributed by atoms with Crippen molar-refractivity contribution in [2.24, 2.45) is 0 Å². The molecule has 0 fully saturated rings. The van der Waals surface area contributed by atoms with Gasteiger partial charge in [-0.15, -0.1) is 11.8 Å². The zero-order valence-electron chi connectivity index (χ0n) is 11.7. The van der Waals surface area contributed by atoms with Crippen LogP contribution in [0.3, 0.4) is 0 Å². The van der Waals surface area contributed by atoms with Gasteiger partial charge in [-0.1, -0.05) is 13.3 Å². The molecule has 0 saturated carbocycles. The van der Waals surface area contributed by atoms with Crippen LogP contribution in [0.15, 0.2) is 18.2 Å². The average molecular weight is 282 g/mol. The molecule has 0 bridgehead atoms. The van der Waals surface area contributed by atoms with Crippen LogP contribution in [0, 0.1) is 0 Å². The molecule has 0 aliphatic heterocycles. The van der Waals surface area contributed by atoms with E-state index >= 15 is 0 Å². The van der Waals surface area contributed by atoms with Crippen molar-refractivity contribution in [3.05, 3.63) is 18.2 Å². The fraction of sp³-hybridized carbons (Fsp3) is 0.500. The highest BCUT2D eigenvalue weighted by Crippen LogP contribution is 2.27. The fourth-order valence-electron chi connectivity index (χ4n) is 1.54. The molecule has 1 aromatic carbocycles. The molecular weight excluding hydrogens is 260 g/mol. The zero-order chi connectivity index (χ0) is 14.3. The summed E-state index contributed by atoms with van der Waals surface area (Å²) in [5.74, 6) is 1.59. The molecule has 1 unspecified atom stereocenters. The number of amides is 1. The summed E-state index contributed by atoms with van der Waals surface area (Å²) in [6.45, 7) is 4.05. The number of hydrogen-bond acceptors (Lipinski definition) is 4. The number of benzene rings is 1. The summed E-state index contributed by atoms with van der Waals surface area (Å²) < 4.78 is 5.20. The van der Waals surface area contributed by atoms with E-state index in [1.54, 1.807) is 37.1 Å². The van der Waals surface area contributed by atoms with Crippen molar-refractivity contribution < 1.29 is 9.53 Å². The molecule has 0 radical (unpaired) electrons. The van der Waals surface area contributed by atoms with E-state index in [-0.39, 0.29) is 11.2 Å². The lowest BCUT2D eigenvalue weighted by Gasteiger charge is -2.14. The lowest BCUT2D eigenvalue weighted by Crippen LogP contribution is -2.23. The van der Waals surface area contributed by atoms with Gasteiger partial charge in [-0.05, 0) is 37.3 Å². The minimum atomic E-state index is -0.0855. The number of nitrogens with one attached hydrogen (secondary N) is 1. The summed E-state index contributed by atoms with van der Waals surface area (Å²) in [5.41, 5.74) is 6.94.